The summed E-state index contributed by atoms with van der Waals surface area (Å²) < 4.78 is 0. The lowest BCUT2D eigenvalue weighted by atomic mass is 9.93. The molecule has 2 aliphatic rings. The average molecular weight is 258 g/mol. The van der Waals surface area contributed by atoms with Crippen LogP contribution in [-0.4, -0.2) is 6.04 Å². The van der Waals surface area contributed by atoms with E-state index in [1.54, 1.807) is 0 Å². The van der Waals surface area contributed by atoms with Gasteiger partial charge in [-0.25, -0.2) is 0 Å². The predicted molar refractivity (Wildman–Crippen MR) is 79.8 cm³/mol. The molecular formula is C17H26N2. The minimum absolute atomic E-state index is 0.215. The molecule has 2 aliphatic carbocycles. The molecule has 1 fully saturated rings. The van der Waals surface area contributed by atoms with Crippen molar-refractivity contribution in [1.82, 2.24) is 5.32 Å². The van der Waals surface area contributed by atoms with Crippen molar-refractivity contribution in [2.75, 3.05) is 0 Å². The molecule has 0 heterocycles. The SMILES string of the molecule is CCC1CCC(NC2CC(N)c3ccccc32)C1C. The first-order valence-corrected chi connectivity index (χ1v) is 7.81. The molecule has 3 rings (SSSR count). The Morgan fingerprint density at radius 2 is 1.95 bits per heavy atom. The Hall–Kier alpha value is -0.860. The Balaban J connectivity index is 1.72. The average Bonchev–Trinajstić information content (AvgIpc) is 2.93. The first-order chi connectivity index (χ1) is 9.20. The van der Waals surface area contributed by atoms with Gasteiger partial charge < -0.3 is 11.1 Å². The summed E-state index contributed by atoms with van der Waals surface area (Å²) in [5.41, 5.74) is 9.04. The molecule has 5 atom stereocenters. The van der Waals surface area contributed by atoms with E-state index in [1.807, 2.05) is 0 Å². The molecule has 2 nitrogen and oxygen atoms in total. The number of nitrogens with two attached hydrogens (primary N) is 1. The van der Waals surface area contributed by atoms with Gasteiger partial charge >= 0.3 is 0 Å². The number of hydrogen-bond donors (Lipinski definition) is 2. The van der Waals surface area contributed by atoms with Crippen LogP contribution in [0.5, 0.6) is 0 Å². The van der Waals surface area contributed by atoms with Crippen LogP contribution in [0.3, 0.4) is 0 Å². The highest BCUT2D eigenvalue weighted by molar-refractivity contribution is 5.37. The van der Waals surface area contributed by atoms with Crippen LogP contribution < -0.4 is 11.1 Å². The Bertz CT molecular complexity index is 443. The number of nitrogens with one attached hydrogen (secondary N) is 1. The Labute approximate surface area is 116 Å². The van der Waals surface area contributed by atoms with E-state index >= 15 is 0 Å². The normalized spacial score (nSPS) is 37.5. The van der Waals surface area contributed by atoms with Crippen molar-refractivity contribution in [3.05, 3.63) is 35.4 Å². The summed E-state index contributed by atoms with van der Waals surface area (Å²) in [4.78, 5) is 0. The molecule has 3 N–H and O–H groups in total. The topological polar surface area (TPSA) is 38.0 Å². The zero-order valence-corrected chi connectivity index (χ0v) is 12.1. The van der Waals surface area contributed by atoms with Crippen LogP contribution in [0.15, 0.2) is 24.3 Å². The second-order valence-electron chi connectivity index (χ2n) is 6.40. The summed E-state index contributed by atoms with van der Waals surface area (Å²) in [6.45, 7) is 4.74. The van der Waals surface area contributed by atoms with E-state index in [1.165, 1.54) is 30.4 Å². The zero-order chi connectivity index (χ0) is 13.4. The monoisotopic (exact) mass is 258 g/mol. The Kier molecular flexibility index (Phi) is 3.64. The quantitative estimate of drug-likeness (QED) is 0.870. The van der Waals surface area contributed by atoms with Crippen LogP contribution in [0.2, 0.25) is 0 Å². The minimum atomic E-state index is 0.215. The van der Waals surface area contributed by atoms with Crippen LogP contribution in [0, 0.1) is 11.8 Å². The Morgan fingerprint density at radius 1 is 1.21 bits per heavy atom. The van der Waals surface area contributed by atoms with Gasteiger partial charge in [0.2, 0.25) is 0 Å². The van der Waals surface area contributed by atoms with Gasteiger partial charge in [-0.2, -0.15) is 0 Å². The van der Waals surface area contributed by atoms with Crippen molar-refractivity contribution >= 4 is 0 Å². The molecule has 19 heavy (non-hydrogen) atoms. The molecule has 0 bridgehead atoms. The number of fused-ring (bicyclic) bond motifs is 1. The smallest absolute Gasteiger partial charge is 0.0344 e. The van der Waals surface area contributed by atoms with Gasteiger partial charge in [0.25, 0.3) is 0 Å². The molecule has 1 aromatic rings. The molecule has 0 saturated heterocycles. The maximum absolute atomic E-state index is 6.26. The fraction of sp³-hybridized carbons (Fsp3) is 0.647. The van der Waals surface area contributed by atoms with Crippen LogP contribution in [-0.2, 0) is 0 Å². The molecular weight excluding hydrogens is 232 g/mol. The van der Waals surface area contributed by atoms with E-state index < -0.39 is 0 Å². The molecule has 5 unspecified atom stereocenters. The van der Waals surface area contributed by atoms with Crippen molar-refractivity contribution in [3.8, 4) is 0 Å². The van der Waals surface area contributed by atoms with Gasteiger partial charge in [-0.15, -0.1) is 0 Å². The minimum Gasteiger partial charge on any atom is -0.324 e. The van der Waals surface area contributed by atoms with Crippen molar-refractivity contribution in [2.24, 2.45) is 17.6 Å². The number of benzene rings is 1. The highest BCUT2D eigenvalue weighted by Gasteiger charge is 2.35. The van der Waals surface area contributed by atoms with Crippen LogP contribution in [0.25, 0.3) is 0 Å². The van der Waals surface area contributed by atoms with Crippen LogP contribution >= 0.6 is 0 Å². The van der Waals surface area contributed by atoms with Gasteiger partial charge in [-0.3, -0.25) is 0 Å². The molecule has 0 aromatic heterocycles. The van der Waals surface area contributed by atoms with Crippen molar-refractivity contribution in [3.63, 3.8) is 0 Å². The number of hydrogen-bond acceptors (Lipinski definition) is 2. The van der Waals surface area contributed by atoms with Crippen molar-refractivity contribution < 1.29 is 0 Å². The first kappa shape index (κ1) is 13.1. The van der Waals surface area contributed by atoms with Crippen molar-refractivity contribution in [2.45, 2.75) is 57.7 Å². The summed E-state index contributed by atoms with van der Waals surface area (Å²) in [6, 6.07) is 10.0. The van der Waals surface area contributed by atoms with Gasteiger partial charge in [0.05, 0.1) is 0 Å². The third-order valence-electron chi connectivity index (χ3n) is 5.43. The first-order valence-electron chi connectivity index (χ1n) is 7.81. The lowest BCUT2D eigenvalue weighted by Gasteiger charge is -2.25. The maximum Gasteiger partial charge on any atom is 0.0344 e. The van der Waals surface area contributed by atoms with E-state index in [0.29, 0.717) is 12.1 Å². The molecule has 0 radical (unpaired) electrons. The second kappa shape index (κ2) is 5.26. The van der Waals surface area contributed by atoms with E-state index in [4.69, 9.17) is 5.73 Å². The molecule has 1 saturated carbocycles. The van der Waals surface area contributed by atoms with Crippen LogP contribution in [0.4, 0.5) is 0 Å². The fourth-order valence-corrected chi connectivity index (χ4v) is 4.15. The second-order valence-corrected chi connectivity index (χ2v) is 6.40. The third-order valence-corrected chi connectivity index (χ3v) is 5.43. The van der Waals surface area contributed by atoms with E-state index in [0.717, 1.165) is 18.3 Å². The predicted octanol–water partition coefficient (Wildman–Crippen LogP) is 3.55. The molecule has 0 spiro atoms. The van der Waals surface area contributed by atoms with Gasteiger partial charge in [-0.1, -0.05) is 44.5 Å². The largest absolute Gasteiger partial charge is 0.324 e. The van der Waals surface area contributed by atoms with E-state index in [9.17, 15) is 0 Å². The van der Waals surface area contributed by atoms with Gasteiger partial charge in [-0.05, 0) is 42.2 Å². The van der Waals surface area contributed by atoms with Crippen LogP contribution in [0.1, 0.15) is 62.7 Å². The van der Waals surface area contributed by atoms with Crippen molar-refractivity contribution in [1.29, 1.82) is 0 Å². The molecule has 104 valence electrons. The summed E-state index contributed by atoms with van der Waals surface area (Å²) in [5, 5.41) is 3.90. The fourth-order valence-electron chi connectivity index (χ4n) is 4.15. The molecule has 0 aliphatic heterocycles. The standard InChI is InChI=1S/C17H26N2/c1-3-12-8-9-16(11(12)2)19-17-10-15(18)13-6-4-5-7-14(13)17/h4-7,11-12,15-17,19H,3,8-10,18H2,1-2H3. The summed E-state index contributed by atoms with van der Waals surface area (Å²) in [5.74, 6) is 1.71. The summed E-state index contributed by atoms with van der Waals surface area (Å²) >= 11 is 0. The molecule has 2 heteroatoms. The van der Waals surface area contributed by atoms with E-state index in [-0.39, 0.29) is 6.04 Å². The van der Waals surface area contributed by atoms with E-state index in [2.05, 4.69) is 43.4 Å². The number of rotatable bonds is 3. The Morgan fingerprint density at radius 3 is 2.63 bits per heavy atom. The molecule has 0 amide bonds. The lowest BCUT2D eigenvalue weighted by Crippen LogP contribution is -2.35. The molecule has 1 aromatic carbocycles. The summed E-state index contributed by atoms with van der Waals surface area (Å²) in [6.07, 6.45) is 5.09. The van der Waals surface area contributed by atoms with Gasteiger partial charge in [0, 0.05) is 18.1 Å². The summed E-state index contributed by atoms with van der Waals surface area (Å²) in [7, 11) is 0. The highest BCUT2D eigenvalue weighted by Crippen LogP contribution is 2.40. The zero-order valence-electron chi connectivity index (χ0n) is 12.1. The maximum atomic E-state index is 6.26. The third kappa shape index (κ3) is 2.32. The lowest BCUT2D eigenvalue weighted by molar-refractivity contribution is 0.317. The highest BCUT2D eigenvalue weighted by atomic mass is 15.0. The van der Waals surface area contributed by atoms with Gasteiger partial charge in [0.15, 0.2) is 0 Å². The van der Waals surface area contributed by atoms with Gasteiger partial charge in [0.1, 0.15) is 0 Å².